The standard InChI is InChI=1S/C12H16N2O4/c1-12(2,3)14-9(15)7-8(11(16)17)18-10(13-7)6-4-5-6/h6H,4-5H2,1-3H3,(H,14,15)(H,16,17). The van der Waals surface area contributed by atoms with Crippen LogP contribution in [0.2, 0.25) is 0 Å². The molecule has 6 nitrogen and oxygen atoms in total. The highest BCUT2D eigenvalue weighted by Gasteiger charge is 2.34. The van der Waals surface area contributed by atoms with E-state index in [4.69, 9.17) is 9.52 Å². The Morgan fingerprint density at radius 1 is 1.39 bits per heavy atom. The lowest BCUT2D eigenvalue weighted by molar-refractivity contribution is 0.0652. The van der Waals surface area contributed by atoms with Gasteiger partial charge in [-0.1, -0.05) is 0 Å². The number of hydrogen-bond acceptors (Lipinski definition) is 4. The molecule has 0 radical (unpaired) electrons. The van der Waals surface area contributed by atoms with E-state index in [1.807, 2.05) is 20.8 Å². The van der Waals surface area contributed by atoms with Crippen LogP contribution in [0, 0.1) is 0 Å². The Hall–Kier alpha value is -1.85. The van der Waals surface area contributed by atoms with E-state index in [9.17, 15) is 9.59 Å². The number of amides is 1. The Kier molecular flexibility index (Phi) is 2.88. The van der Waals surface area contributed by atoms with Crippen molar-refractivity contribution >= 4 is 11.9 Å². The van der Waals surface area contributed by atoms with Crippen molar-refractivity contribution in [3.8, 4) is 0 Å². The van der Waals surface area contributed by atoms with E-state index in [1.54, 1.807) is 0 Å². The molecule has 1 fully saturated rings. The van der Waals surface area contributed by atoms with Crippen molar-refractivity contribution in [2.75, 3.05) is 0 Å². The van der Waals surface area contributed by atoms with Gasteiger partial charge in [-0.2, -0.15) is 0 Å². The van der Waals surface area contributed by atoms with Gasteiger partial charge in [0.05, 0.1) is 0 Å². The molecular weight excluding hydrogens is 236 g/mol. The molecule has 2 N–H and O–H groups in total. The number of rotatable bonds is 3. The predicted octanol–water partition coefficient (Wildman–Crippen LogP) is 1.78. The summed E-state index contributed by atoms with van der Waals surface area (Å²) in [5.74, 6) is -1.64. The number of carbonyl (C=O) groups excluding carboxylic acids is 1. The predicted molar refractivity (Wildman–Crippen MR) is 62.7 cm³/mol. The number of nitrogens with one attached hydrogen (secondary N) is 1. The second-order valence-corrected chi connectivity index (χ2v) is 5.51. The highest BCUT2D eigenvalue weighted by atomic mass is 16.4. The van der Waals surface area contributed by atoms with E-state index in [0.717, 1.165) is 12.8 Å². The van der Waals surface area contributed by atoms with E-state index in [0.29, 0.717) is 5.89 Å². The van der Waals surface area contributed by atoms with Crippen molar-refractivity contribution in [3.05, 3.63) is 17.3 Å². The lowest BCUT2D eigenvalue weighted by atomic mass is 10.1. The molecule has 6 heteroatoms. The fourth-order valence-electron chi connectivity index (χ4n) is 1.54. The Bertz CT molecular complexity index is 495. The Morgan fingerprint density at radius 3 is 2.44 bits per heavy atom. The summed E-state index contributed by atoms with van der Waals surface area (Å²) in [4.78, 5) is 27.0. The number of nitrogens with zero attached hydrogens (tertiary/aromatic N) is 1. The van der Waals surface area contributed by atoms with Gasteiger partial charge in [0, 0.05) is 11.5 Å². The molecule has 0 spiro atoms. The van der Waals surface area contributed by atoms with Crippen molar-refractivity contribution in [1.29, 1.82) is 0 Å². The molecule has 18 heavy (non-hydrogen) atoms. The first-order valence-corrected chi connectivity index (χ1v) is 5.84. The summed E-state index contributed by atoms with van der Waals surface area (Å²) in [5.41, 5.74) is -0.592. The zero-order valence-corrected chi connectivity index (χ0v) is 10.6. The van der Waals surface area contributed by atoms with E-state index >= 15 is 0 Å². The first-order chi connectivity index (χ1) is 8.28. The molecule has 98 valence electrons. The average molecular weight is 252 g/mol. The molecule has 1 aromatic heterocycles. The molecule has 1 aliphatic carbocycles. The van der Waals surface area contributed by atoms with Gasteiger partial charge in [0.1, 0.15) is 0 Å². The summed E-state index contributed by atoms with van der Waals surface area (Å²) in [6.45, 7) is 5.44. The normalized spacial score (nSPS) is 15.5. The first kappa shape index (κ1) is 12.6. The number of carboxylic acids is 1. The number of aromatic nitrogens is 1. The number of carboxylic acid groups (broad SMARTS) is 1. The van der Waals surface area contributed by atoms with Crippen molar-refractivity contribution in [3.63, 3.8) is 0 Å². The van der Waals surface area contributed by atoms with Gasteiger partial charge in [0.15, 0.2) is 11.6 Å². The molecular formula is C12H16N2O4. The molecule has 0 aromatic carbocycles. The van der Waals surface area contributed by atoms with Crippen LogP contribution >= 0.6 is 0 Å². The smallest absolute Gasteiger partial charge is 0.374 e. The fraction of sp³-hybridized carbons (Fsp3) is 0.583. The van der Waals surface area contributed by atoms with Crippen LogP contribution < -0.4 is 5.32 Å². The molecule has 2 rings (SSSR count). The lowest BCUT2D eigenvalue weighted by Crippen LogP contribution is -2.41. The van der Waals surface area contributed by atoms with Crippen LogP contribution in [0.5, 0.6) is 0 Å². The minimum Gasteiger partial charge on any atom is -0.475 e. The summed E-state index contributed by atoms with van der Waals surface area (Å²) in [6.07, 6.45) is 1.86. The van der Waals surface area contributed by atoms with Crippen molar-refractivity contribution < 1.29 is 19.1 Å². The largest absolute Gasteiger partial charge is 0.475 e. The molecule has 1 saturated carbocycles. The van der Waals surface area contributed by atoms with E-state index < -0.39 is 17.4 Å². The monoisotopic (exact) mass is 252 g/mol. The number of aromatic carboxylic acids is 1. The van der Waals surface area contributed by atoms with Crippen molar-refractivity contribution in [2.24, 2.45) is 0 Å². The molecule has 0 saturated heterocycles. The second kappa shape index (κ2) is 4.12. The van der Waals surface area contributed by atoms with Gasteiger partial charge in [-0.05, 0) is 33.6 Å². The maximum atomic E-state index is 11.9. The molecule has 0 unspecified atom stereocenters. The van der Waals surface area contributed by atoms with Crippen molar-refractivity contribution in [2.45, 2.75) is 45.1 Å². The van der Waals surface area contributed by atoms with Gasteiger partial charge in [0.2, 0.25) is 5.76 Å². The zero-order chi connectivity index (χ0) is 13.5. The van der Waals surface area contributed by atoms with Crippen LogP contribution in [0.3, 0.4) is 0 Å². The number of oxazole rings is 1. The van der Waals surface area contributed by atoms with Crippen LogP contribution in [0.25, 0.3) is 0 Å². The van der Waals surface area contributed by atoms with Gasteiger partial charge in [-0.3, -0.25) is 4.79 Å². The van der Waals surface area contributed by atoms with Gasteiger partial charge >= 0.3 is 5.97 Å². The number of carbonyl (C=O) groups is 2. The maximum absolute atomic E-state index is 11.9. The van der Waals surface area contributed by atoms with Crippen LogP contribution in [0.15, 0.2) is 4.42 Å². The van der Waals surface area contributed by atoms with Gasteiger partial charge in [-0.25, -0.2) is 9.78 Å². The molecule has 1 aliphatic rings. The molecule has 0 aliphatic heterocycles. The van der Waals surface area contributed by atoms with Gasteiger partial charge in [-0.15, -0.1) is 0 Å². The third kappa shape index (κ3) is 2.69. The lowest BCUT2D eigenvalue weighted by Gasteiger charge is -2.19. The van der Waals surface area contributed by atoms with E-state index in [-0.39, 0.29) is 17.4 Å². The molecule has 1 heterocycles. The van der Waals surface area contributed by atoms with Crippen molar-refractivity contribution in [1.82, 2.24) is 10.3 Å². The minimum atomic E-state index is -1.27. The highest BCUT2D eigenvalue weighted by Crippen LogP contribution is 2.40. The summed E-state index contributed by atoms with van der Waals surface area (Å²) in [5, 5.41) is 11.7. The topological polar surface area (TPSA) is 92.4 Å². The molecule has 0 atom stereocenters. The van der Waals surface area contributed by atoms with Gasteiger partial charge < -0.3 is 14.8 Å². The summed E-state index contributed by atoms with van der Waals surface area (Å²) in [6, 6.07) is 0. The van der Waals surface area contributed by atoms with Crippen LogP contribution in [-0.2, 0) is 0 Å². The zero-order valence-electron chi connectivity index (χ0n) is 10.6. The second-order valence-electron chi connectivity index (χ2n) is 5.51. The van der Waals surface area contributed by atoms with Crippen LogP contribution in [0.1, 0.15) is 66.5 Å². The summed E-state index contributed by atoms with van der Waals surface area (Å²) < 4.78 is 5.16. The third-order valence-corrected chi connectivity index (χ3v) is 2.47. The first-order valence-electron chi connectivity index (χ1n) is 5.84. The quantitative estimate of drug-likeness (QED) is 0.855. The third-order valence-electron chi connectivity index (χ3n) is 2.47. The van der Waals surface area contributed by atoms with Gasteiger partial charge in [0.25, 0.3) is 5.91 Å². The average Bonchev–Trinajstić information content (AvgIpc) is 2.94. The summed E-state index contributed by atoms with van der Waals surface area (Å²) >= 11 is 0. The minimum absolute atomic E-state index is 0.140. The Morgan fingerprint density at radius 2 is 2.00 bits per heavy atom. The fourth-order valence-corrected chi connectivity index (χ4v) is 1.54. The maximum Gasteiger partial charge on any atom is 0.374 e. The molecule has 1 amide bonds. The van der Waals surface area contributed by atoms with E-state index in [2.05, 4.69) is 10.3 Å². The molecule has 1 aromatic rings. The molecule has 0 bridgehead atoms. The van der Waals surface area contributed by atoms with E-state index in [1.165, 1.54) is 0 Å². The number of hydrogen-bond donors (Lipinski definition) is 2. The highest BCUT2D eigenvalue weighted by molar-refractivity contribution is 6.01. The summed E-state index contributed by atoms with van der Waals surface area (Å²) in [7, 11) is 0. The Labute approximate surface area is 104 Å². The SMILES string of the molecule is CC(C)(C)NC(=O)c1nc(C2CC2)oc1C(=O)O. The van der Waals surface area contributed by atoms with Crippen LogP contribution in [0.4, 0.5) is 0 Å². The Balaban J connectivity index is 2.30. The van der Waals surface area contributed by atoms with Crippen LogP contribution in [-0.4, -0.2) is 27.5 Å².